The molecule has 0 unspecified atom stereocenters. The van der Waals surface area contributed by atoms with Crippen molar-refractivity contribution in [2.45, 2.75) is 32.7 Å². The van der Waals surface area contributed by atoms with E-state index in [0.717, 1.165) is 36.9 Å². The van der Waals surface area contributed by atoms with E-state index in [1.165, 1.54) is 0 Å². The molecule has 1 aromatic heterocycles. The van der Waals surface area contributed by atoms with Crippen LogP contribution in [0.3, 0.4) is 0 Å². The highest BCUT2D eigenvalue weighted by Gasteiger charge is 2.25. The van der Waals surface area contributed by atoms with E-state index in [1.54, 1.807) is 6.20 Å². The molecule has 4 nitrogen and oxygen atoms in total. The van der Waals surface area contributed by atoms with Gasteiger partial charge >= 0.3 is 0 Å². The van der Waals surface area contributed by atoms with Gasteiger partial charge in [-0.25, -0.2) is 0 Å². The second-order valence-electron chi connectivity index (χ2n) is 6.00. The molecule has 112 valence electrons. The minimum absolute atomic E-state index is 0.117. The quantitative estimate of drug-likeness (QED) is 0.914. The van der Waals surface area contributed by atoms with Crippen molar-refractivity contribution in [3.63, 3.8) is 0 Å². The molecule has 2 rings (SSSR count). The monoisotopic (exact) mass is 341 g/mol. The molecule has 0 aromatic carbocycles. The third kappa shape index (κ3) is 3.85. The Hall–Kier alpha value is -0.810. The molecule has 2 heterocycles. The van der Waals surface area contributed by atoms with E-state index in [1.807, 2.05) is 11.0 Å². The first-order chi connectivity index (χ1) is 9.47. The van der Waals surface area contributed by atoms with Crippen LogP contribution in [0.4, 0.5) is 0 Å². The minimum atomic E-state index is 0.117. The van der Waals surface area contributed by atoms with Crippen LogP contribution >= 0.6 is 15.9 Å². The van der Waals surface area contributed by atoms with E-state index < -0.39 is 0 Å². The SMILES string of the molecule is CC(C)N(C)CC1CCN(C(=O)c2cc(Br)c[nH]2)CC1. The number of H-pyrrole nitrogens is 1. The molecule has 1 amide bonds. The Morgan fingerprint density at radius 2 is 2.15 bits per heavy atom. The van der Waals surface area contributed by atoms with Crippen LogP contribution in [0.15, 0.2) is 16.7 Å². The number of likely N-dealkylation sites (tertiary alicyclic amines) is 1. The fourth-order valence-corrected chi connectivity index (χ4v) is 2.94. The number of amides is 1. The average molecular weight is 342 g/mol. The van der Waals surface area contributed by atoms with Gasteiger partial charge in [0, 0.05) is 36.3 Å². The summed E-state index contributed by atoms with van der Waals surface area (Å²) in [5.74, 6) is 0.827. The molecule has 1 aliphatic rings. The molecule has 20 heavy (non-hydrogen) atoms. The summed E-state index contributed by atoms with van der Waals surface area (Å²) >= 11 is 3.37. The molecule has 0 bridgehead atoms. The molecule has 0 atom stereocenters. The standard InChI is InChI=1S/C15H24BrN3O/c1-11(2)18(3)10-12-4-6-19(7-5-12)15(20)14-8-13(16)9-17-14/h8-9,11-12,17H,4-7,10H2,1-3H3. The van der Waals surface area contributed by atoms with Crippen molar-refractivity contribution in [2.24, 2.45) is 5.92 Å². The number of hydrogen-bond acceptors (Lipinski definition) is 2. The molecule has 0 aliphatic carbocycles. The van der Waals surface area contributed by atoms with Gasteiger partial charge in [0.1, 0.15) is 5.69 Å². The highest BCUT2D eigenvalue weighted by molar-refractivity contribution is 9.10. The molecule has 0 spiro atoms. The zero-order valence-electron chi connectivity index (χ0n) is 12.5. The van der Waals surface area contributed by atoms with Crippen molar-refractivity contribution in [1.29, 1.82) is 0 Å². The maximum atomic E-state index is 12.3. The third-order valence-electron chi connectivity index (χ3n) is 4.21. The van der Waals surface area contributed by atoms with Crippen molar-refractivity contribution in [1.82, 2.24) is 14.8 Å². The van der Waals surface area contributed by atoms with Gasteiger partial charge in [-0.3, -0.25) is 4.79 Å². The Morgan fingerprint density at radius 3 is 2.65 bits per heavy atom. The largest absolute Gasteiger partial charge is 0.356 e. The van der Waals surface area contributed by atoms with Gasteiger partial charge in [-0.05, 0) is 61.7 Å². The molecule has 0 saturated carbocycles. The number of rotatable bonds is 4. The summed E-state index contributed by atoms with van der Waals surface area (Å²) in [6.07, 6.45) is 4.01. The average Bonchev–Trinajstić information content (AvgIpc) is 2.85. The van der Waals surface area contributed by atoms with Gasteiger partial charge in [-0.2, -0.15) is 0 Å². The van der Waals surface area contributed by atoms with E-state index in [0.29, 0.717) is 17.7 Å². The Bertz CT molecular complexity index is 450. The second-order valence-corrected chi connectivity index (χ2v) is 6.92. The number of halogens is 1. The van der Waals surface area contributed by atoms with E-state index in [9.17, 15) is 4.79 Å². The minimum Gasteiger partial charge on any atom is -0.356 e. The molecule has 1 fully saturated rings. The van der Waals surface area contributed by atoms with Crippen LogP contribution in [0.1, 0.15) is 37.2 Å². The molecule has 1 aliphatic heterocycles. The number of carbonyl (C=O) groups is 1. The first-order valence-electron chi connectivity index (χ1n) is 7.30. The number of aromatic nitrogens is 1. The van der Waals surface area contributed by atoms with Crippen LogP contribution in [-0.4, -0.2) is 53.4 Å². The maximum Gasteiger partial charge on any atom is 0.270 e. The van der Waals surface area contributed by atoms with Gasteiger partial charge in [-0.1, -0.05) is 0 Å². The highest BCUT2D eigenvalue weighted by Crippen LogP contribution is 2.21. The van der Waals surface area contributed by atoms with Crippen LogP contribution in [-0.2, 0) is 0 Å². The van der Waals surface area contributed by atoms with E-state index in [4.69, 9.17) is 0 Å². The number of piperidine rings is 1. The summed E-state index contributed by atoms with van der Waals surface area (Å²) in [6.45, 7) is 7.31. The van der Waals surface area contributed by atoms with Gasteiger partial charge in [0.2, 0.25) is 0 Å². The van der Waals surface area contributed by atoms with Crippen LogP contribution in [0, 0.1) is 5.92 Å². The number of aromatic amines is 1. The fraction of sp³-hybridized carbons (Fsp3) is 0.667. The van der Waals surface area contributed by atoms with Crippen molar-refractivity contribution in [3.05, 3.63) is 22.4 Å². The lowest BCUT2D eigenvalue weighted by Crippen LogP contribution is -2.42. The van der Waals surface area contributed by atoms with Gasteiger partial charge in [0.05, 0.1) is 0 Å². The summed E-state index contributed by atoms with van der Waals surface area (Å²) in [7, 11) is 2.18. The molecule has 1 saturated heterocycles. The highest BCUT2D eigenvalue weighted by atomic mass is 79.9. The second kappa shape index (κ2) is 6.76. The molecule has 1 N–H and O–H groups in total. The van der Waals surface area contributed by atoms with Crippen LogP contribution in [0.5, 0.6) is 0 Å². The summed E-state index contributed by atoms with van der Waals surface area (Å²) in [5, 5.41) is 0. The molecule has 5 heteroatoms. The lowest BCUT2D eigenvalue weighted by atomic mass is 9.95. The smallest absolute Gasteiger partial charge is 0.270 e. The van der Waals surface area contributed by atoms with Gasteiger partial charge in [0.25, 0.3) is 5.91 Å². The van der Waals surface area contributed by atoms with E-state index in [2.05, 4.69) is 46.7 Å². The fourth-order valence-electron chi connectivity index (χ4n) is 2.60. The predicted octanol–water partition coefficient (Wildman–Crippen LogP) is 2.97. The van der Waals surface area contributed by atoms with Crippen molar-refractivity contribution in [3.8, 4) is 0 Å². The van der Waals surface area contributed by atoms with Crippen LogP contribution in [0.2, 0.25) is 0 Å². The van der Waals surface area contributed by atoms with Crippen molar-refractivity contribution in [2.75, 3.05) is 26.7 Å². The van der Waals surface area contributed by atoms with Gasteiger partial charge in [-0.15, -0.1) is 0 Å². The Balaban J connectivity index is 1.83. The van der Waals surface area contributed by atoms with Gasteiger partial charge in [0.15, 0.2) is 0 Å². The number of hydrogen-bond donors (Lipinski definition) is 1. The topological polar surface area (TPSA) is 39.3 Å². The number of nitrogens with one attached hydrogen (secondary N) is 1. The maximum absolute atomic E-state index is 12.3. The molecule has 0 radical (unpaired) electrons. The molecular formula is C15H24BrN3O. The lowest BCUT2D eigenvalue weighted by molar-refractivity contribution is 0.0661. The van der Waals surface area contributed by atoms with Gasteiger partial charge < -0.3 is 14.8 Å². The normalized spacial score (nSPS) is 17.2. The Labute approximate surface area is 129 Å². The Kier molecular flexibility index (Phi) is 5.27. The summed E-state index contributed by atoms with van der Waals surface area (Å²) < 4.78 is 0.925. The zero-order valence-corrected chi connectivity index (χ0v) is 14.1. The summed E-state index contributed by atoms with van der Waals surface area (Å²) in [6, 6.07) is 2.44. The third-order valence-corrected chi connectivity index (χ3v) is 4.67. The lowest BCUT2D eigenvalue weighted by Gasteiger charge is -2.34. The summed E-state index contributed by atoms with van der Waals surface area (Å²) in [4.78, 5) is 19.7. The first-order valence-corrected chi connectivity index (χ1v) is 8.10. The first kappa shape index (κ1) is 15.6. The van der Waals surface area contributed by atoms with Crippen molar-refractivity contribution >= 4 is 21.8 Å². The Morgan fingerprint density at radius 1 is 1.50 bits per heavy atom. The number of carbonyl (C=O) groups excluding carboxylic acids is 1. The van der Waals surface area contributed by atoms with E-state index in [-0.39, 0.29) is 5.91 Å². The zero-order chi connectivity index (χ0) is 14.7. The molecular weight excluding hydrogens is 318 g/mol. The van der Waals surface area contributed by atoms with Crippen molar-refractivity contribution < 1.29 is 4.79 Å². The van der Waals surface area contributed by atoms with Crippen LogP contribution < -0.4 is 0 Å². The molecule has 1 aromatic rings. The predicted molar refractivity (Wildman–Crippen MR) is 84.9 cm³/mol. The summed E-state index contributed by atoms with van der Waals surface area (Å²) in [5.41, 5.74) is 0.676. The number of nitrogens with zero attached hydrogens (tertiary/aromatic N) is 2. The van der Waals surface area contributed by atoms with Crippen LogP contribution in [0.25, 0.3) is 0 Å². The van der Waals surface area contributed by atoms with E-state index >= 15 is 0 Å².